The number of aliphatic carboxylic acids is 1. The van der Waals surface area contributed by atoms with Gasteiger partial charge in [0.2, 0.25) is 0 Å². The fraction of sp³-hybridized carbons (Fsp3) is 0.0909. The van der Waals surface area contributed by atoms with Gasteiger partial charge in [0.15, 0.2) is 5.54 Å². The molecule has 0 radical (unpaired) electrons. The molecule has 2 aliphatic heterocycles. The van der Waals surface area contributed by atoms with Crippen molar-refractivity contribution in [2.45, 2.75) is 5.54 Å². The van der Waals surface area contributed by atoms with E-state index in [0.717, 1.165) is 28.3 Å². The van der Waals surface area contributed by atoms with Crippen molar-refractivity contribution in [2.24, 2.45) is 10.7 Å². The molecule has 3 N–H and O–H groups in total. The van der Waals surface area contributed by atoms with E-state index in [1.165, 1.54) is 12.4 Å². The second-order valence-corrected chi connectivity index (χ2v) is 6.97. The second-order valence-electron chi connectivity index (χ2n) is 6.97. The average molecular weight is 400 g/mol. The first kappa shape index (κ1) is 17.9. The minimum atomic E-state index is -1.02. The van der Waals surface area contributed by atoms with Crippen molar-refractivity contribution in [2.75, 3.05) is 6.61 Å². The van der Waals surface area contributed by atoms with E-state index in [1.807, 2.05) is 24.3 Å². The Hall–Kier alpha value is -4.20. The molecule has 3 heterocycles. The highest BCUT2D eigenvalue weighted by molar-refractivity contribution is 5.85. The Morgan fingerprint density at radius 3 is 2.50 bits per heavy atom. The van der Waals surface area contributed by atoms with Crippen LogP contribution in [-0.2, 0) is 15.1 Å². The smallest absolute Gasteiger partial charge is 0.328 e. The molecule has 8 nitrogen and oxygen atoms in total. The highest BCUT2D eigenvalue weighted by Crippen LogP contribution is 2.51. The zero-order valence-electron chi connectivity index (χ0n) is 15.6. The third kappa shape index (κ3) is 2.86. The number of amidine groups is 1. The largest absolute Gasteiger partial charge is 0.478 e. The standard InChI is InChI=1S/C22H16N4O4/c23-21-26-22(11-29-21)16-7-13(2-6-20(27)28)1-4-18(16)30-19-5-3-14(8-17(19)22)15-9-24-12-25-10-15/h1-10,12H,11H2,(H2,23,26)(H,27,28)/b6-2+/t22-/m1/s1. The Balaban J connectivity index is 1.69. The second kappa shape index (κ2) is 6.70. The Labute approximate surface area is 171 Å². The summed E-state index contributed by atoms with van der Waals surface area (Å²) in [4.78, 5) is 23.7. The summed E-state index contributed by atoms with van der Waals surface area (Å²) in [5.74, 6) is 0.247. The third-order valence-corrected chi connectivity index (χ3v) is 5.14. The number of nitrogens with two attached hydrogens (primary N) is 1. The maximum atomic E-state index is 10.9. The third-order valence-electron chi connectivity index (χ3n) is 5.14. The molecule has 30 heavy (non-hydrogen) atoms. The molecule has 5 rings (SSSR count). The van der Waals surface area contributed by atoms with Gasteiger partial charge in [-0.3, -0.25) is 0 Å². The van der Waals surface area contributed by atoms with E-state index < -0.39 is 11.5 Å². The average Bonchev–Trinajstić information content (AvgIpc) is 3.15. The molecule has 1 spiro atoms. The topological polar surface area (TPSA) is 120 Å². The summed E-state index contributed by atoms with van der Waals surface area (Å²) < 4.78 is 11.7. The number of fused-ring (bicyclic) bond motifs is 4. The van der Waals surface area contributed by atoms with Crippen LogP contribution in [0.3, 0.4) is 0 Å². The van der Waals surface area contributed by atoms with Crippen molar-refractivity contribution in [1.82, 2.24) is 9.97 Å². The van der Waals surface area contributed by atoms with E-state index in [2.05, 4.69) is 15.0 Å². The fourth-order valence-electron chi connectivity index (χ4n) is 3.77. The van der Waals surface area contributed by atoms with Crippen molar-refractivity contribution in [3.05, 3.63) is 77.9 Å². The predicted octanol–water partition coefficient (Wildman–Crippen LogP) is 2.94. The molecule has 0 amide bonds. The van der Waals surface area contributed by atoms with Crippen LogP contribution in [0.25, 0.3) is 17.2 Å². The lowest BCUT2D eigenvalue weighted by Gasteiger charge is -2.34. The van der Waals surface area contributed by atoms with Crippen molar-refractivity contribution in [3.63, 3.8) is 0 Å². The summed E-state index contributed by atoms with van der Waals surface area (Å²) in [5.41, 5.74) is 9.04. The minimum Gasteiger partial charge on any atom is -0.478 e. The molecule has 8 heteroatoms. The minimum absolute atomic E-state index is 0.0914. The molecule has 1 aromatic heterocycles. The number of carboxylic acid groups (broad SMARTS) is 1. The van der Waals surface area contributed by atoms with Crippen molar-refractivity contribution >= 4 is 18.1 Å². The Bertz CT molecular complexity index is 1220. The normalized spacial score (nSPS) is 19.0. The molecule has 0 fully saturated rings. The van der Waals surface area contributed by atoms with Gasteiger partial charge in [0.1, 0.15) is 24.4 Å². The number of hydrogen-bond donors (Lipinski definition) is 2. The zero-order valence-corrected chi connectivity index (χ0v) is 15.6. The lowest BCUT2D eigenvalue weighted by Crippen LogP contribution is -2.31. The van der Waals surface area contributed by atoms with Crippen molar-refractivity contribution < 1.29 is 19.4 Å². The first-order valence-corrected chi connectivity index (χ1v) is 9.17. The van der Waals surface area contributed by atoms with Crippen molar-refractivity contribution in [1.29, 1.82) is 0 Å². The van der Waals surface area contributed by atoms with Gasteiger partial charge >= 0.3 is 5.97 Å². The molecule has 148 valence electrons. The zero-order chi connectivity index (χ0) is 20.7. The number of ether oxygens (including phenoxy) is 2. The molecule has 1 atom stereocenters. The highest BCUT2D eigenvalue weighted by Gasteiger charge is 2.47. The summed E-state index contributed by atoms with van der Waals surface area (Å²) in [6, 6.07) is 11.3. The Kier molecular flexibility index (Phi) is 3.99. The van der Waals surface area contributed by atoms with Gasteiger partial charge in [-0.2, -0.15) is 0 Å². The summed E-state index contributed by atoms with van der Waals surface area (Å²) in [5, 5.41) is 8.94. The SMILES string of the molecule is NC1=N[C@]2(CO1)c1cc(/C=C/C(=O)O)ccc1Oc1ccc(-c3cncnc3)cc12. The van der Waals surface area contributed by atoms with Crippen LogP contribution in [0.4, 0.5) is 0 Å². The van der Waals surface area contributed by atoms with Gasteiger partial charge in [0.25, 0.3) is 6.02 Å². The quantitative estimate of drug-likeness (QED) is 0.649. The summed E-state index contributed by atoms with van der Waals surface area (Å²) in [6.07, 6.45) is 7.55. The fourth-order valence-corrected chi connectivity index (χ4v) is 3.77. The Morgan fingerprint density at radius 1 is 1.07 bits per heavy atom. The first-order chi connectivity index (χ1) is 14.5. The van der Waals surface area contributed by atoms with Gasteiger partial charge in [0.05, 0.1) is 0 Å². The van der Waals surface area contributed by atoms with Crippen LogP contribution in [0.15, 0.2) is 66.2 Å². The van der Waals surface area contributed by atoms with E-state index in [0.29, 0.717) is 17.1 Å². The van der Waals surface area contributed by atoms with Gasteiger partial charge in [0, 0.05) is 35.2 Å². The van der Waals surface area contributed by atoms with Crippen molar-refractivity contribution in [3.8, 4) is 22.6 Å². The van der Waals surface area contributed by atoms with Gasteiger partial charge in [-0.1, -0.05) is 12.1 Å². The van der Waals surface area contributed by atoms with Crippen LogP contribution < -0.4 is 10.5 Å². The lowest BCUT2D eigenvalue weighted by molar-refractivity contribution is -0.131. The molecule has 3 aromatic rings. The highest BCUT2D eigenvalue weighted by atomic mass is 16.5. The molecular weight excluding hydrogens is 384 g/mol. The number of aliphatic imine (C=N–C) groups is 1. The van der Waals surface area contributed by atoms with Crippen LogP contribution in [0.2, 0.25) is 0 Å². The van der Waals surface area contributed by atoms with E-state index in [4.69, 9.17) is 20.3 Å². The van der Waals surface area contributed by atoms with Crippen LogP contribution in [0, 0.1) is 0 Å². The molecule has 0 saturated heterocycles. The molecular formula is C22H16N4O4. The van der Waals surface area contributed by atoms with Gasteiger partial charge in [-0.05, 0) is 41.5 Å². The first-order valence-electron chi connectivity index (χ1n) is 9.17. The number of benzene rings is 2. The van der Waals surface area contributed by atoms with E-state index >= 15 is 0 Å². The summed E-state index contributed by atoms with van der Waals surface area (Å²) >= 11 is 0. The molecule has 2 aromatic carbocycles. The summed E-state index contributed by atoms with van der Waals surface area (Å²) in [6.45, 7) is 0.211. The Morgan fingerprint density at radius 2 is 1.80 bits per heavy atom. The van der Waals surface area contributed by atoms with E-state index in [1.54, 1.807) is 24.5 Å². The number of carbonyl (C=O) groups is 1. The van der Waals surface area contributed by atoms with Crippen LogP contribution in [0.5, 0.6) is 11.5 Å². The van der Waals surface area contributed by atoms with E-state index in [-0.39, 0.29) is 12.6 Å². The maximum Gasteiger partial charge on any atom is 0.328 e. The number of carboxylic acids is 1. The molecule has 0 aliphatic carbocycles. The molecule has 0 bridgehead atoms. The molecule has 0 unspecified atom stereocenters. The number of rotatable bonds is 3. The number of nitrogens with zero attached hydrogens (tertiary/aromatic N) is 3. The predicted molar refractivity (Wildman–Crippen MR) is 109 cm³/mol. The monoisotopic (exact) mass is 400 g/mol. The van der Waals surface area contributed by atoms with E-state index in [9.17, 15) is 4.79 Å². The van der Waals surface area contributed by atoms with Crippen LogP contribution in [0.1, 0.15) is 16.7 Å². The lowest BCUT2D eigenvalue weighted by atomic mass is 9.80. The van der Waals surface area contributed by atoms with Crippen LogP contribution >= 0.6 is 0 Å². The van der Waals surface area contributed by atoms with Crippen LogP contribution in [-0.4, -0.2) is 33.7 Å². The maximum absolute atomic E-state index is 10.9. The van der Waals surface area contributed by atoms with Gasteiger partial charge < -0.3 is 20.3 Å². The molecule has 2 aliphatic rings. The number of hydrogen-bond acceptors (Lipinski definition) is 7. The molecule has 0 saturated carbocycles. The van der Waals surface area contributed by atoms with Gasteiger partial charge in [-0.15, -0.1) is 0 Å². The number of aromatic nitrogens is 2. The summed E-state index contributed by atoms with van der Waals surface area (Å²) in [7, 11) is 0. The van der Waals surface area contributed by atoms with Gasteiger partial charge in [-0.25, -0.2) is 19.8 Å².